The molecule has 0 radical (unpaired) electrons. The van der Waals surface area contributed by atoms with E-state index in [1.807, 2.05) is 45.0 Å². The summed E-state index contributed by atoms with van der Waals surface area (Å²) in [5, 5.41) is 51.2. The van der Waals surface area contributed by atoms with Crippen molar-refractivity contribution in [1.82, 2.24) is 72.4 Å². The number of benzene rings is 4. The summed E-state index contributed by atoms with van der Waals surface area (Å²) in [5.74, 6) is -10.0. The highest BCUT2D eigenvalue weighted by Gasteiger charge is 2.40. The fourth-order valence-electron chi connectivity index (χ4n) is 11.4. The number of hydrogen-bond donors (Lipinski definition) is 10. The number of carbonyl (C=O) groups is 6. The van der Waals surface area contributed by atoms with Gasteiger partial charge in [0.05, 0.1) is 32.1 Å². The highest BCUT2D eigenvalue weighted by molar-refractivity contribution is 6.33. The van der Waals surface area contributed by atoms with Crippen molar-refractivity contribution in [3.63, 3.8) is 0 Å². The van der Waals surface area contributed by atoms with E-state index in [1.54, 1.807) is 86.5 Å². The molecular weight excluding hydrogens is 1610 g/mol. The molecule has 0 spiro atoms. The Balaban J connectivity index is 0.000000191. The van der Waals surface area contributed by atoms with Gasteiger partial charge >= 0.3 is 65.4 Å². The maximum absolute atomic E-state index is 13.9. The van der Waals surface area contributed by atoms with Gasteiger partial charge in [0.25, 0.3) is 16.7 Å². The number of nitrogens with two attached hydrogens (primary N) is 1. The molecule has 36 nitrogen and oxygen atoms in total. The lowest BCUT2D eigenvalue weighted by Crippen LogP contribution is -2.44. The van der Waals surface area contributed by atoms with Crippen molar-refractivity contribution in [3.05, 3.63) is 186 Å². The van der Waals surface area contributed by atoms with Crippen LogP contribution in [0.4, 0.5) is 57.4 Å². The van der Waals surface area contributed by atoms with Gasteiger partial charge in [-0.1, -0.05) is 102 Å². The Morgan fingerprint density at radius 2 is 0.754 bits per heavy atom. The van der Waals surface area contributed by atoms with Crippen molar-refractivity contribution in [2.45, 2.75) is 51.1 Å². The van der Waals surface area contributed by atoms with Gasteiger partial charge in [-0.2, -0.15) is 54.5 Å². The average molecular weight is 1670 g/mol. The molecule has 6 aromatic heterocycles. The first kappa shape index (κ1) is 87.3. The molecule has 0 aliphatic carbocycles. The fraction of sp³-hybridized carbons (Fsp3) is 0.318. The highest BCUT2D eigenvalue weighted by Crippen LogP contribution is 2.33. The topological polar surface area (TPSA) is 472 Å². The number of piperazine rings is 3. The van der Waals surface area contributed by atoms with Crippen LogP contribution < -0.4 is 70.1 Å². The third kappa shape index (κ3) is 20.9. The zero-order valence-corrected chi connectivity index (χ0v) is 61.1. The first-order valence-corrected chi connectivity index (χ1v) is 34.3. The van der Waals surface area contributed by atoms with Gasteiger partial charge in [0.1, 0.15) is 19.6 Å². The van der Waals surface area contributed by atoms with Crippen LogP contribution in [0, 0.1) is 0 Å². The normalized spacial score (nSPS) is 13.7. The lowest BCUT2D eigenvalue weighted by atomic mass is 10.1. The Morgan fingerprint density at radius 3 is 1.10 bits per heavy atom. The number of halogens is 12. The molecule has 4 aromatic carbocycles. The maximum atomic E-state index is 13.9. The summed E-state index contributed by atoms with van der Waals surface area (Å²) in [4.78, 5) is 161. The second-order valence-electron chi connectivity index (χ2n) is 24.1. The summed E-state index contributed by atoms with van der Waals surface area (Å²) in [6.45, 7) is 6.68. The molecular formula is C66H65Cl3F9N19O17. The first-order chi connectivity index (χ1) is 53.6. The number of aromatic amines is 1. The molecule has 0 unspecified atom stereocenters. The Bertz CT molecular complexity index is 5570. The summed E-state index contributed by atoms with van der Waals surface area (Å²) in [7, 11) is 1.36. The van der Waals surface area contributed by atoms with Crippen LogP contribution >= 0.6 is 34.8 Å². The van der Waals surface area contributed by atoms with Crippen molar-refractivity contribution in [1.29, 1.82) is 0 Å². The molecule has 610 valence electrons. The zero-order chi connectivity index (χ0) is 84.0. The number of aromatic nitrogens is 12. The molecule has 114 heavy (non-hydrogen) atoms. The molecule has 0 atom stereocenters. The van der Waals surface area contributed by atoms with Crippen LogP contribution in [-0.2, 0) is 68.4 Å². The predicted octanol–water partition coefficient (Wildman–Crippen LogP) is 3.10. The van der Waals surface area contributed by atoms with E-state index in [0.29, 0.717) is 95.7 Å². The Labute approximate surface area is 646 Å². The number of amides is 1. The van der Waals surface area contributed by atoms with Crippen LogP contribution in [0.3, 0.4) is 0 Å². The number of aliphatic carboxylic acids is 5. The number of nitrogens with one attached hydrogen (secondary N) is 4. The summed E-state index contributed by atoms with van der Waals surface area (Å²) >= 11 is 19.4. The van der Waals surface area contributed by atoms with E-state index in [2.05, 4.69) is 35.9 Å². The third-order valence-corrected chi connectivity index (χ3v) is 17.4. The molecule has 9 heterocycles. The first-order valence-electron chi connectivity index (χ1n) is 33.2. The Morgan fingerprint density at radius 1 is 0.439 bits per heavy atom. The van der Waals surface area contributed by atoms with Crippen LogP contribution in [0.2, 0.25) is 15.1 Å². The standard InChI is InChI=1S/C25H25ClN6O4.C18H20ClN7O3.C17H17ClN6O4.3C2HF3O2/c26-18-8-4-5-9-19(18)32-21-22(28-24(32)29-14-11-27-12-15-29)31(16-20(33)34)25(36)30(23(21)35)13-10-17-6-2-1-3-7-17;1-23-16(28)14-15(25(18(23)29)10-13(20)27)22-17(24-8-6-21-7-9-24)26(14)12-5-3-2-4-11(12)19;18-10-3-1-2-4-11(10)24-13-14(20-16(24)22-7-5-19-6-8-22)23(9-12(25)26)17(28)21-15(13)27;3*3-2(4,5)1(6)7/h1-9,27H,10-16H2,(H,33,34);2-5,21H,6-10H2,1H3,(H2,20,27);1-4,19H,5-9H2,(H,25,26)(H,21,27,28);3*(H,6,7). The summed E-state index contributed by atoms with van der Waals surface area (Å²) in [6.07, 6.45) is -14.8. The number of anilines is 3. The van der Waals surface area contributed by atoms with E-state index in [0.717, 1.165) is 67.7 Å². The number of para-hydroxylation sites is 3. The summed E-state index contributed by atoms with van der Waals surface area (Å²) in [5.41, 5.74) is 4.47. The number of fused-ring (bicyclic) bond motifs is 3. The molecule has 3 aliphatic rings. The van der Waals surface area contributed by atoms with Crippen LogP contribution in [0.15, 0.2) is 132 Å². The van der Waals surface area contributed by atoms with Gasteiger partial charge < -0.3 is 61.9 Å². The molecule has 48 heteroatoms. The molecule has 3 fully saturated rings. The highest BCUT2D eigenvalue weighted by atomic mass is 35.5. The number of hydrogen-bond acceptors (Lipinski definition) is 21. The molecule has 3 saturated heterocycles. The quantitative estimate of drug-likeness (QED) is 0.0659. The van der Waals surface area contributed by atoms with Gasteiger partial charge in [0.15, 0.2) is 33.5 Å². The van der Waals surface area contributed by atoms with E-state index >= 15 is 0 Å². The lowest BCUT2D eigenvalue weighted by molar-refractivity contribution is -0.193. The Kier molecular flexibility index (Phi) is 28.6. The van der Waals surface area contributed by atoms with Crippen molar-refractivity contribution in [3.8, 4) is 17.1 Å². The maximum Gasteiger partial charge on any atom is 0.490 e. The van der Waals surface area contributed by atoms with Crippen LogP contribution in [0.5, 0.6) is 0 Å². The largest absolute Gasteiger partial charge is 0.490 e. The van der Waals surface area contributed by atoms with E-state index in [4.69, 9.17) is 70.2 Å². The Hall–Kier alpha value is -12.3. The van der Waals surface area contributed by atoms with Gasteiger partial charge in [-0.15, -0.1) is 0 Å². The average Bonchev–Trinajstić information content (AvgIpc) is 1.62. The number of carbonyl (C=O) groups excluding carboxylic acids is 1. The lowest BCUT2D eigenvalue weighted by Gasteiger charge is -2.28. The number of nitrogens with zero attached hydrogens (tertiary/aromatic N) is 14. The van der Waals surface area contributed by atoms with Crippen molar-refractivity contribution >= 4 is 122 Å². The molecule has 11 N–H and O–H groups in total. The number of imidazole rings is 3. The molecule has 3 aliphatic heterocycles. The van der Waals surface area contributed by atoms with Crippen LogP contribution in [0.25, 0.3) is 50.6 Å². The number of carboxylic acid groups (broad SMARTS) is 5. The number of H-pyrrole nitrogens is 1. The molecule has 10 aromatic rings. The number of carboxylic acids is 5. The monoisotopic (exact) mass is 1670 g/mol. The third-order valence-electron chi connectivity index (χ3n) is 16.5. The molecule has 13 rings (SSSR count). The fourth-order valence-corrected chi connectivity index (χ4v) is 12.0. The molecule has 0 saturated carbocycles. The van der Waals surface area contributed by atoms with Crippen LogP contribution in [0.1, 0.15) is 5.56 Å². The van der Waals surface area contributed by atoms with E-state index in [-0.39, 0.29) is 46.6 Å². The molecule has 0 bridgehead atoms. The number of rotatable bonds is 15. The van der Waals surface area contributed by atoms with Crippen molar-refractivity contribution in [2.24, 2.45) is 12.8 Å². The minimum atomic E-state index is -5.08. The summed E-state index contributed by atoms with van der Waals surface area (Å²) in [6, 6.07) is 30.6. The molecule has 1 amide bonds. The summed E-state index contributed by atoms with van der Waals surface area (Å²) < 4.78 is 105. The predicted molar refractivity (Wildman–Crippen MR) is 392 cm³/mol. The van der Waals surface area contributed by atoms with E-state index < -0.39 is 101 Å². The van der Waals surface area contributed by atoms with Gasteiger partial charge in [-0.05, 0) is 48.4 Å². The minimum Gasteiger partial charge on any atom is -0.480 e. The SMILES string of the molecule is Cn1c(=O)c2c(nc(N3CCNCC3)n2-c2ccccc2Cl)n(CC(N)=O)c1=O.O=C(O)C(F)(F)F.O=C(O)C(F)(F)F.O=C(O)C(F)(F)F.O=C(O)Cn1c(=O)[nH]c(=O)c2c1nc(N1CCNCC1)n2-c1ccccc1Cl.O=C(O)Cn1c(=O)n(CCc2ccccc2)c(=O)c2c1nc(N1CCNCC1)n2-c1ccccc1Cl. The van der Waals surface area contributed by atoms with Crippen LogP contribution in [-0.4, -0.2) is 215 Å². The zero-order valence-electron chi connectivity index (χ0n) is 58.8. The number of alkyl halides is 9. The van der Waals surface area contributed by atoms with E-state index in [9.17, 15) is 92.9 Å². The van der Waals surface area contributed by atoms with Gasteiger partial charge in [-0.25, -0.2) is 28.8 Å². The minimum absolute atomic E-state index is 0.00426. The van der Waals surface area contributed by atoms with Gasteiger partial charge in [0.2, 0.25) is 23.8 Å². The van der Waals surface area contributed by atoms with Crippen molar-refractivity contribution < 1.29 is 93.8 Å². The second kappa shape index (κ2) is 37.3. The van der Waals surface area contributed by atoms with Gasteiger partial charge in [-0.3, -0.25) is 70.3 Å². The second-order valence-corrected chi connectivity index (χ2v) is 25.3. The number of primary amides is 1. The van der Waals surface area contributed by atoms with Crippen molar-refractivity contribution in [2.75, 3.05) is 93.2 Å². The van der Waals surface area contributed by atoms with Gasteiger partial charge in [0, 0.05) is 92.1 Å². The number of aryl methyl sites for hydroxylation is 1. The smallest absolute Gasteiger partial charge is 0.480 e. The van der Waals surface area contributed by atoms with E-state index in [1.165, 1.54) is 7.05 Å².